The molecule has 0 amide bonds. The lowest BCUT2D eigenvalue weighted by molar-refractivity contribution is 0.0251. The van der Waals surface area contributed by atoms with Crippen molar-refractivity contribution in [3.8, 4) is 11.1 Å². The summed E-state index contributed by atoms with van der Waals surface area (Å²) >= 11 is 0. The van der Waals surface area contributed by atoms with Crippen LogP contribution in [0.15, 0.2) is 66.7 Å². The van der Waals surface area contributed by atoms with Crippen molar-refractivity contribution < 1.29 is 14.6 Å². The van der Waals surface area contributed by atoms with Gasteiger partial charge >= 0.3 is 0 Å². The Balaban J connectivity index is 1.82. The molecular weight excluding hydrogens is 360 g/mol. The van der Waals surface area contributed by atoms with E-state index in [9.17, 15) is 0 Å². The summed E-state index contributed by atoms with van der Waals surface area (Å²) < 4.78 is 11.6. The second kappa shape index (κ2) is 8.50. The maximum Gasteiger partial charge on any atom is 0.0701 e. The van der Waals surface area contributed by atoms with Gasteiger partial charge in [0.1, 0.15) is 0 Å². The highest BCUT2D eigenvalue weighted by molar-refractivity contribution is 5.84. The molecule has 0 aliphatic heterocycles. The first kappa shape index (κ1) is 19.8. The zero-order valence-electron chi connectivity index (χ0n) is 17.2. The highest BCUT2D eigenvalue weighted by Gasteiger charge is 2.45. The molecule has 1 aliphatic carbocycles. The zero-order chi connectivity index (χ0) is 20.3. The van der Waals surface area contributed by atoms with Gasteiger partial charge in [0.05, 0.1) is 38.4 Å². The number of fused-ring (bicyclic) bond motifs is 3. The van der Waals surface area contributed by atoms with E-state index in [0.717, 1.165) is 0 Å². The van der Waals surface area contributed by atoms with Crippen LogP contribution in [-0.4, -0.2) is 38.1 Å². The number of hydrogen-bond donors (Lipinski definition) is 1. The highest BCUT2D eigenvalue weighted by atomic mass is 16.5. The van der Waals surface area contributed by atoms with E-state index in [0.29, 0.717) is 26.4 Å². The molecule has 0 fully saturated rings. The molecule has 0 unspecified atom stereocenters. The van der Waals surface area contributed by atoms with Crippen molar-refractivity contribution >= 4 is 0 Å². The molecule has 1 N–H and O–H groups in total. The van der Waals surface area contributed by atoms with Crippen LogP contribution < -0.4 is 0 Å². The number of ether oxygens (including phenoxy) is 2. The fraction of sp³-hybridized carbons (Fsp3) is 0.308. The molecule has 1 aliphatic rings. The summed E-state index contributed by atoms with van der Waals surface area (Å²) in [7, 11) is 0. The van der Waals surface area contributed by atoms with Crippen molar-refractivity contribution in [2.45, 2.75) is 19.3 Å². The van der Waals surface area contributed by atoms with Gasteiger partial charge in [-0.25, -0.2) is 0 Å². The molecule has 0 radical (unpaired) electrons. The molecular formula is C26H28O3. The van der Waals surface area contributed by atoms with Crippen LogP contribution in [0.25, 0.3) is 11.1 Å². The number of benzene rings is 3. The summed E-state index contributed by atoms with van der Waals surface area (Å²) in [6.07, 6.45) is 0. The highest BCUT2D eigenvalue weighted by Crippen LogP contribution is 2.53. The third-order valence-corrected chi connectivity index (χ3v) is 5.75. The van der Waals surface area contributed by atoms with Crippen LogP contribution in [0.5, 0.6) is 0 Å². The average Bonchev–Trinajstić information content (AvgIpc) is 3.00. The summed E-state index contributed by atoms with van der Waals surface area (Å²) in [4.78, 5) is 0. The van der Waals surface area contributed by atoms with Gasteiger partial charge < -0.3 is 14.6 Å². The summed E-state index contributed by atoms with van der Waals surface area (Å²) in [5.74, 6) is 0. The van der Waals surface area contributed by atoms with Crippen molar-refractivity contribution in [1.82, 2.24) is 0 Å². The lowest BCUT2D eigenvalue weighted by Crippen LogP contribution is -2.33. The minimum Gasteiger partial charge on any atom is -0.394 e. The van der Waals surface area contributed by atoms with Crippen molar-refractivity contribution in [3.05, 3.63) is 94.5 Å². The molecule has 0 saturated heterocycles. The van der Waals surface area contributed by atoms with Gasteiger partial charge in [-0.3, -0.25) is 0 Å². The molecule has 0 aromatic heterocycles. The molecule has 3 nitrogen and oxygen atoms in total. The normalized spacial score (nSPS) is 13.9. The Morgan fingerprint density at radius 3 is 1.90 bits per heavy atom. The molecule has 4 rings (SSSR count). The van der Waals surface area contributed by atoms with Crippen LogP contribution in [0.3, 0.4) is 0 Å². The molecule has 29 heavy (non-hydrogen) atoms. The third kappa shape index (κ3) is 3.62. The smallest absolute Gasteiger partial charge is 0.0701 e. The minimum atomic E-state index is -0.346. The van der Waals surface area contributed by atoms with Gasteiger partial charge in [0.15, 0.2) is 0 Å². The van der Waals surface area contributed by atoms with E-state index in [1.807, 2.05) is 0 Å². The number of aliphatic hydroxyl groups is 1. The predicted octanol–water partition coefficient (Wildman–Crippen LogP) is 4.64. The van der Waals surface area contributed by atoms with Gasteiger partial charge in [-0.1, -0.05) is 77.9 Å². The molecule has 0 atom stereocenters. The topological polar surface area (TPSA) is 38.7 Å². The number of hydrogen-bond acceptors (Lipinski definition) is 3. The van der Waals surface area contributed by atoms with Crippen LogP contribution in [0, 0.1) is 13.8 Å². The van der Waals surface area contributed by atoms with Crippen molar-refractivity contribution in [2.24, 2.45) is 0 Å². The van der Waals surface area contributed by atoms with Gasteiger partial charge in [-0.2, -0.15) is 0 Å². The molecule has 0 heterocycles. The lowest BCUT2D eigenvalue weighted by atomic mass is 9.72. The monoisotopic (exact) mass is 388 g/mol. The molecule has 3 aromatic rings. The van der Waals surface area contributed by atoms with Crippen LogP contribution in [-0.2, 0) is 14.9 Å². The first-order valence-corrected chi connectivity index (χ1v) is 10.2. The second-order valence-electron chi connectivity index (χ2n) is 7.76. The van der Waals surface area contributed by atoms with Crippen molar-refractivity contribution in [3.63, 3.8) is 0 Å². The van der Waals surface area contributed by atoms with Gasteiger partial charge in [-0.15, -0.1) is 0 Å². The van der Waals surface area contributed by atoms with Crippen LogP contribution in [0.4, 0.5) is 0 Å². The average molecular weight is 389 g/mol. The first-order valence-electron chi connectivity index (χ1n) is 10.2. The van der Waals surface area contributed by atoms with E-state index < -0.39 is 0 Å². The van der Waals surface area contributed by atoms with Gasteiger partial charge in [0, 0.05) is 0 Å². The standard InChI is InChI=1S/C26H28O3/c1-19-8-10-22-23-11-9-20(2)17-25(23)26(24(22)16-19,21-6-4-3-5-7-21)18-29-15-14-28-13-12-27/h3-11,16-17,27H,12-15,18H2,1-2H3. The first-order chi connectivity index (χ1) is 14.2. The van der Waals surface area contributed by atoms with Gasteiger partial charge in [0.25, 0.3) is 0 Å². The predicted molar refractivity (Wildman–Crippen MR) is 116 cm³/mol. The fourth-order valence-electron chi connectivity index (χ4n) is 4.42. The number of rotatable bonds is 8. The summed E-state index contributed by atoms with van der Waals surface area (Å²) in [5.41, 5.74) is 8.58. The third-order valence-electron chi connectivity index (χ3n) is 5.75. The van der Waals surface area contributed by atoms with Crippen molar-refractivity contribution in [1.29, 1.82) is 0 Å². The Hall–Kier alpha value is -2.46. The Bertz CT molecular complexity index is 927. The van der Waals surface area contributed by atoms with Gasteiger partial charge in [0.2, 0.25) is 0 Å². The van der Waals surface area contributed by atoms with E-state index in [-0.39, 0.29) is 12.0 Å². The second-order valence-corrected chi connectivity index (χ2v) is 7.76. The molecule has 0 saturated carbocycles. The SMILES string of the molecule is Cc1ccc2c(c1)C(COCCOCCO)(c1ccccc1)c1cc(C)ccc1-2. The zero-order valence-corrected chi connectivity index (χ0v) is 17.2. The number of aliphatic hydroxyl groups excluding tert-OH is 1. The van der Waals surface area contributed by atoms with Crippen LogP contribution in [0.2, 0.25) is 0 Å². The molecule has 0 spiro atoms. The molecule has 0 bridgehead atoms. The largest absolute Gasteiger partial charge is 0.394 e. The number of aryl methyl sites for hydroxylation is 2. The Morgan fingerprint density at radius 1 is 0.724 bits per heavy atom. The van der Waals surface area contributed by atoms with Crippen molar-refractivity contribution in [2.75, 3.05) is 33.0 Å². The summed E-state index contributed by atoms with van der Waals surface area (Å²) in [6, 6.07) is 24.2. The van der Waals surface area contributed by atoms with Gasteiger partial charge in [-0.05, 0) is 41.7 Å². The molecule has 3 aromatic carbocycles. The maximum absolute atomic E-state index is 8.89. The van der Waals surface area contributed by atoms with E-state index in [1.54, 1.807) is 0 Å². The Labute approximate surface area is 172 Å². The molecule has 150 valence electrons. The Kier molecular flexibility index (Phi) is 5.81. The summed E-state index contributed by atoms with van der Waals surface area (Å²) in [5, 5.41) is 8.89. The fourth-order valence-corrected chi connectivity index (χ4v) is 4.42. The van der Waals surface area contributed by atoms with E-state index in [4.69, 9.17) is 14.6 Å². The minimum absolute atomic E-state index is 0.0350. The molecule has 3 heteroatoms. The van der Waals surface area contributed by atoms with Crippen LogP contribution >= 0.6 is 0 Å². The quantitative estimate of drug-likeness (QED) is 0.571. The van der Waals surface area contributed by atoms with E-state index in [1.165, 1.54) is 38.9 Å². The Morgan fingerprint density at radius 2 is 1.31 bits per heavy atom. The maximum atomic E-state index is 8.89. The van der Waals surface area contributed by atoms with Crippen LogP contribution in [0.1, 0.15) is 27.8 Å². The van der Waals surface area contributed by atoms with E-state index in [2.05, 4.69) is 80.6 Å². The summed E-state index contributed by atoms with van der Waals surface area (Å²) in [6.45, 7) is 6.20. The van der Waals surface area contributed by atoms with E-state index >= 15 is 0 Å². The lowest BCUT2D eigenvalue weighted by Gasteiger charge is -2.33.